The van der Waals surface area contributed by atoms with Crippen molar-refractivity contribution in [2.75, 3.05) is 0 Å². The summed E-state index contributed by atoms with van der Waals surface area (Å²) in [6, 6.07) is 15.7. The van der Waals surface area contributed by atoms with Gasteiger partial charge in [0.15, 0.2) is 0 Å². The zero-order valence-electron chi connectivity index (χ0n) is 13.1. The van der Waals surface area contributed by atoms with Gasteiger partial charge in [0.2, 0.25) is 0 Å². The lowest BCUT2D eigenvalue weighted by Crippen LogP contribution is -2.08. The first kappa shape index (κ1) is 15.9. The first-order valence-electron chi connectivity index (χ1n) is 8.18. The van der Waals surface area contributed by atoms with Gasteiger partial charge < -0.3 is 4.74 Å². The monoisotopic (exact) mass is 325 g/mol. The summed E-state index contributed by atoms with van der Waals surface area (Å²) >= 11 is 6.20. The number of nitriles is 1. The minimum Gasteiger partial charge on any atom is -0.489 e. The average molecular weight is 326 g/mol. The van der Waals surface area contributed by atoms with E-state index in [-0.39, 0.29) is 0 Å². The normalized spacial score (nSPS) is 15.1. The van der Waals surface area contributed by atoms with Crippen molar-refractivity contribution in [3.8, 4) is 11.8 Å². The summed E-state index contributed by atoms with van der Waals surface area (Å²) in [4.78, 5) is 0. The zero-order valence-corrected chi connectivity index (χ0v) is 13.9. The van der Waals surface area contributed by atoms with Crippen molar-refractivity contribution >= 4 is 11.6 Å². The highest BCUT2D eigenvalue weighted by Gasteiger charge is 2.20. The lowest BCUT2D eigenvalue weighted by molar-refractivity contribution is 0.297. The van der Waals surface area contributed by atoms with E-state index in [1.807, 2.05) is 42.5 Å². The number of hydrogen-bond acceptors (Lipinski definition) is 2. The third-order valence-electron chi connectivity index (χ3n) is 4.54. The summed E-state index contributed by atoms with van der Waals surface area (Å²) in [7, 11) is 0. The smallest absolute Gasteiger partial charge is 0.123 e. The molecule has 0 unspecified atom stereocenters. The zero-order chi connectivity index (χ0) is 16.1. The van der Waals surface area contributed by atoms with E-state index >= 15 is 0 Å². The number of halogens is 1. The Balaban J connectivity index is 1.81. The molecule has 0 radical (unpaired) electrons. The van der Waals surface area contributed by atoms with Crippen LogP contribution in [0, 0.1) is 11.3 Å². The summed E-state index contributed by atoms with van der Waals surface area (Å²) in [6.07, 6.45) is 6.27. The van der Waals surface area contributed by atoms with Crippen molar-refractivity contribution in [2.45, 2.75) is 44.6 Å². The Morgan fingerprint density at radius 2 is 1.87 bits per heavy atom. The van der Waals surface area contributed by atoms with Crippen LogP contribution in [0.15, 0.2) is 42.5 Å². The quantitative estimate of drug-likeness (QED) is 0.707. The maximum absolute atomic E-state index is 9.19. The van der Waals surface area contributed by atoms with Gasteiger partial charge in [-0.2, -0.15) is 5.26 Å². The number of ether oxygens (including phenoxy) is 1. The van der Waals surface area contributed by atoms with E-state index in [9.17, 15) is 5.26 Å². The molecule has 0 bridgehead atoms. The molecule has 3 heteroatoms. The molecule has 2 nitrogen and oxygen atoms in total. The molecule has 118 valence electrons. The van der Waals surface area contributed by atoms with E-state index in [4.69, 9.17) is 16.3 Å². The van der Waals surface area contributed by atoms with Gasteiger partial charge in [-0.05, 0) is 48.6 Å². The second-order valence-corrected chi connectivity index (χ2v) is 6.51. The molecule has 0 aliphatic heterocycles. The molecule has 1 saturated carbocycles. The highest BCUT2D eigenvalue weighted by atomic mass is 35.5. The van der Waals surface area contributed by atoms with Crippen LogP contribution in [-0.2, 0) is 6.61 Å². The maximum atomic E-state index is 9.19. The third-order valence-corrected chi connectivity index (χ3v) is 4.77. The largest absolute Gasteiger partial charge is 0.489 e. The van der Waals surface area contributed by atoms with Crippen LogP contribution in [0.5, 0.6) is 5.75 Å². The van der Waals surface area contributed by atoms with Gasteiger partial charge in [0.1, 0.15) is 12.4 Å². The summed E-state index contributed by atoms with van der Waals surface area (Å²) in [6.45, 7) is 0.408. The molecule has 0 atom stereocenters. The molecule has 1 fully saturated rings. The second kappa shape index (κ2) is 7.53. The van der Waals surface area contributed by atoms with Crippen LogP contribution in [0.2, 0.25) is 5.02 Å². The highest BCUT2D eigenvalue weighted by molar-refractivity contribution is 6.30. The Morgan fingerprint density at radius 1 is 1.09 bits per heavy atom. The molecule has 0 spiro atoms. The molecule has 0 N–H and O–H groups in total. The molecular formula is C20H20ClNO. The predicted molar refractivity (Wildman–Crippen MR) is 92.8 cm³/mol. The van der Waals surface area contributed by atoms with Crippen molar-refractivity contribution in [1.82, 2.24) is 0 Å². The predicted octanol–water partition coefficient (Wildman–Crippen LogP) is 5.84. The molecule has 2 aromatic carbocycles. The molecule has 0 heterocycles. The van der Waals surface area contributed by atoms with Crippen molar-refractivity contribution in [3.05, 3.63) is 64.2 Å². The molecule has 2 aromatic rings. The van der Waals surface area contributed by atoms with E-state index < -0.39 is 0 Å². The van der Waals surface area contributed by atoms with Crippen LogP contribution in [-0.4, -0.2) is 0 Å². The second-order valence-electron chi connectivity index (χ2n) is 6.07. The molecule has 1 aliphatic rings. The molecular weight excluding hydrogens is 306 g/mol. The fraction of sp³-hybridized carbons (Fsp3) is 0.350. The van der Waals surface area contributed by atoms with Crippen LogP contribution < -0.4 is 4.74 Å². The molecule has 0 saturated heterocycles. The van der Waals surface area contributed by atoms with Crippen LogP contribution in [0.3, 0.4) is 0 Å². The van der Waals surface area contributed by atoms with Gasteiger partial charge >= 0.3 is 0 Å². The van der Waals surface area contributed by atoms with Gasteiger partial charge in [-0.15, -0.1) is 0 Å². The van der Waals surface area contributed by atoms with Crippen molar-refractivity contribution in [1.29, 1.82) is 5.26 Å². The molecule has 1 aliphatic carbocycles. The van der Waals surface area contributed by atoms with Crippen molar-refractivity contribution in [2.24, 2.45) is 0 Å². The number of rotatable bonds is 4. The SMILES string of the molecule is N#Cc1ccccc1COc1ccc(Cl)cc1C1CCCCC1. The summed E-state index contributed by atoms with van der Waals surface area (Å²) in [5.41, 5.74) is 2.80. The van der Waals surface area contributed by atoms with Crippen LogP contribution in [0.25, 0.3) is 0 Å². The van der Waals surface area contributed by atoms with E-state index in [1.165, 1.54) is 37.7 Å². The van der Waals surface area contributed by atoms with Crippen LogP contribution in [0.4, 0.5) is 0 Å². The Bertz CT molecular complexity index is 714. The van der Waals surface area contributed by atoms with Gasteiger partial charge in [-0.25, -0.2) is 0 Å². The molecule has 0 amide bonds. The fourth-order valence-electron chi connectivity index (χ4n) is 3.29. The van der Waals surface area contributed by atoms with Gasteiger partial charge in [0, 0.05) is 10.6 Å². The minimum absolute atomic E-state index is 0.408. The standard InChI is InChI=1S/C20H20ClNO/c21-18-10-11-20(19(12-18)15-6-2-1-3-7-15)23-14-17-9-5-4-8-16(17)13-22/h4-5,8-12,15H,1-3,6-7,14H2. The minimum atomic E-state index is 0.408. The number of nitrogens with zero attached hydrogens (tertiary/aromatic N) is 1. The van der Waals surface area contributed by atoms with E-state index in [0.717, 1.165) is 16.3 Å². The highest BCUT2D eigenvalue weighted by Crippen LogP contribution is 2.39. The van der Waals surface area contributed by atoms with E-state index in [0.29, 0.717) is 18.1 Å². The first-order valence-corrected chi connectivity index (χ1v) is 8.56. The molecule has 23 heavy (non-hydrogen) atoms. The lowest BCUT2D eigenvalue weighted by atomic mass is 9.84. The third kappa shape index (κ3) is 3.86. The Labute approximate surface area is 142 Å². The van der Waals surface area contributed by atoms with Gasteiger partial charge in [-0.3, -0.25) is 0 Å². The first-order chi connectivity index (χ1) is 11.3. The summed E-state index contributed by atoms with van der Waals surface area (Å²) in [5.74, 6) is 1.43. The molecule has 0 aromatic heterocycles. The Hall–Kier alpha value is -1.98. The molecule has 3 rings (SSSR count). The number of benzene rings is 2. The van der Waals surface area contributed by atoms with Gasteiger partial charge in [-0.1, -0.05) is 49.1 Å². The summed E-state index contributed by atoms with van der Waals surface area (Å²) < 4.78 is 6.06. The average Bonchev–Trinajstić information content (AvgIpc) is 2.61. The van der Waals surface area contributed by atoms with Gasteiger partial charge in [0.25, 0.3) is 0 Å². The van der Waals surface area contributed by atoms with Gasteiger partial charge in [0.05, 0.1) is 11.6 Å². The van der Waals surface area contributed by atoms with E-state index in [1.54, 1.807) is 0 Å². The Morgan fingerprint density at radius 3 is 2.65 bits per heavy atom. The van der Waals surface area contributed by atoms with Crippen molar-refractivity contribution in [3.63, 3.8) is 0 Å². The lowest BCUT2D eigenvalue weighted by Gasteiger charge is -2.24. The van der Waals surface area contributed by atoms with Crippen LogP contribution in [0.1, 0.15) is 54.7 Å². The topological polar surface area (TPSA) is 33.0 Å². The van der Waals surface area contributed by atoms with Crippen LogP contribution >= 0.6 is 11.6 Å². The fourth-order valence-corrected chi connectivity index (χ4v) is 3.47. The maximum Gasteiger partial charge on any atom is 0.123 e. The Kier molecular flexibility index (Phi) is 5.20. The summed E-state index contributed by atoms with van der Waals surface area (Å²) in [5, 5.41) is 9.95. The van der Waals surface area contributed by atoms with Crippen molar-refractivity contribution < 1.29 is 4.74 Å². The number of hydrogen-bond donors (Lipinski definition) is 0. The van der Waals surface area contributed by atoms with E-state index in [2.05, 4.69) is 6.07 Å².